The molecule has 0 radical (unpaired) electrons. The molecule has 4 heterocycles. The van der Waals surface area contributed by atoms with Crippen LogP contribution in [0.1, 0.15) is 51.6 Å². The fourth-order valence-electron chi connectivity index (χ4n) is 5.42. The normalized spacial score (nSPS) is 16.4. The average Bonchev–Trinajstić information content (AvgIpc) is 3.34. The third-order valence-corrected chi connectivity index (χ3v) is 7.38. The minimum Gasteiger partial charge on any atom is -0.381 e. The first kappa shape index (κ1) is 22.4. The minimum absolute atomic E-state index is 0.118. The number of imidazole rings is 1. The number of rotatable bonds is 3. The van der Waals surface area contributed by atoms with Crippen LogP contribution >= 0.6 is 0 Å². The van der Waals surface area contributed by atoms with Crippen molar-refractivity contribution in [3.05, 3.63) is 79.9 Å². The summed E-state index contributed by atoms with van der Waals surface area (Å²) < 4.78 is 7.44. The molecular weight excluding hydrogens is 462 g/mol. The van der Waals surface area contributed by atoms with Gasteiger partial charge in [-0.1, -0.05) is 0 Å². The zero-order valence-electron chi connectivity index (χ0n) is 19.9. The Morgan fingerprint density at radius 3 is 2.75 bits per heavy atom. The van der Waals surface area contributed by atoms with E-state index in [0.29, 0.717) is 49.3 Å². The van der Waals surface area contributed by atoms with Gasteiger partial charge in [0.1, 0.15) is 11.3 Å². The lowest BCUT2D eigenvalue weighted by Gasteiger charge is -2.29. The molecule has 6 rings (SSSR count). The summed E-state index contributed by atoms with van der Waals surface area (Å²) in [6.07, 6.45) is 3.91. The molecule has 184 valence electrons. The molecule has 0 unspecified atom stereocenters. The second kappa shape index (κ2) is 8.56. The molecule has 2 aromatic heterocycles. The highest BCUT2D eigenvalue weighted by atomic mass is 16.6. The maximum atomic E-state index is 13.6. The Balaban J connectivity index is 1.38. The second-order valence-corrected chi connectivity index (χ2v) is 9.56. The quantitative estimate of drug-likeness (QED) is 0.427. The molecule has 0 atom stereocenters. The van der Waals surface area contributed by atoms with Gasteiger partial charge in [0.2, 0.25) is 0 Å². The van der Waals surface area contributed by atoms with Gasteiger partial charge in [-0.15, -0.1) is 0 Å². The number of nitrogens with one attached hydrogen (secondary N) is 1. The first-order valence-corrected chi connectivity index (χ1v) is 12.1. The number of aromatic amines is 1. The van der Waals surface area contributed by atoms with Crippen molar-refractivity contribution >= 4 is 28.1 Å². The summed E-state index contributed by atoms with van der Waals surface area (Å²) in [6, 6.07) is 8.68. The Hall–Kier alpha value is -4.05. The molecule has 10 nitrogen and oxygen atoms in total. The number of ether oxygens (including phenoxy) is 1. The second-order valence-electron chi connectivity index (χ2n) is 9.56. The van der Waals surface area contributed by atoms with Gasteiger partial charge >= 0.3 is 5.69 Å². The average molecular weight is 489 g/mol. The standard InChI is InChI=1S/C26H25N5O5/c1-15-10-22-21(28-25(32)23-13-27-24(30(22)23)16-5-8-36-9-6-16)12-20(15)26(33)29-7-4-17-11-19(31(34)35)3-2-18(17)14-29/h2-3,10-13,16H,4-9,14H2,1H3,(H-,28,32,34,35)/p+1. The molecule has 2 aliphatic rings. The highest BCUT2D eigenvalue weighted by molar-refractivity contribution is 5.99. The number of carbonyl (C=O) groups excluding carboxylic acids is 1. The molecule has 36 heavy (non-hydrogen) atoms. The van der Waals surface area contributed by atoms with Crippen LogP contribution in [0.5, 0.6) is 0 Å². The molecule has 1 amide bonds. The molecule has 1 saturated heterocycles. The van der Waals surface area contributed by atoms with Gasteiger partial charge in [0, 0.05) is 49.9 Å². The van der Waals surface area contributed by atoms with Crippen LogP contribution < -0.4 is 5.56 Å². The van der Waals surface area contributed by atoms with Crippen LogP contribution in [0.4, 0.5) is 5.69 Å². The van der Waals surface area contributed by atoms with E-state index in [1.54, 1.807) is 29.3 Å². The van der Waals surface area contributed by atoms with E-state index >= 15 is 0 Å². The summed E-state index contributed by atoms with van der Waals surface area (Å²) in [5.41, 5.74) is 5.07. The Bertz CT molecular complexity index is 1600. The van der Waals surface area contributed by atoms with Crippen LogP contribution in [0.25, 0.3) is 16.6 Å². The maximum absolute atomic E-state index is 13.6. The number of hydrogen-bond donors (Lipinski definition) is 2. The molecule has 0 spiro atoms. The molecule has 1 fully saturated rings. The van der Waals surface area contributed by atoms with Crippen LogP contribution in [0.15, 0.2) is 41.3 Å². The first-order chi connectivity index (χ1) is 17.4. The predicted octanol–water partition coefficient (Wildman–Crippen LogP) is 3.38. The lowest BCUT2D eigenvalue weighted by Crippen LogP contribution is -2.36. The summed E-state index contributed by atoms with van der Waals surface area (Å²) in [7, 11) is 0. The molecule has 2 N–H and O–H groups in total. The predicted molar refractivity (Wildman–Crippen MR) is 131 cm³/mol. The van der Waals surface area contributed by atoms with Crippen molar-refractivity contribution in [2.45, 2.75) is 38.6 Å². The zero-order valence-corrected chi connectivity index (χ0v) is 19.9. The summed E-state index contributed by atoms with van der Waals surface area (Å²) in [6.45, 7) is 4.15. The van der Waals surface area contributed by atoms with Gasteiger partial charge in [0.05, 0.1) is 22.1 Å². The first-order valence-electron chi connectivity index (χ1n) is 12.1. The van der Waals surface area contributed by atoms with E-state index in [2.05, 4.69) is 9.97 Å². The number of aryl methyl sites for hydroxylation is 1. The summed E-state index contributed by atoms with van der Waals surface area (Å²) in [5.74, 6) is 0.948. The maximum Gasteiger partial charge on any atom is 0.316 e. The molecule has 0 bridgehead atoms. The van der Waals surface area contributed by atoms with Gasteiger partial charge in [-0.05, 0) is 61.1 Å². The van der Waals surface area contributed by atoms with Crippen molar-refractivity contribution < 1.29 is 19.7 Å². The van der Waals surface area contributed by atoms with Crippen molar-refractivity contribution in [1.82, 2.24) is 19.3 Å². The number of hydrogen-bond acceptors (Lipinski definition) is 5. The van der Waals surface area contributed by atoms with E-state index in [1.807, 2.05) is 17.4 Å². The number of amides is 1. The smallest absolute Gasteiger partial charge is 0.316 e. The van der Waals surface area contributed by atoms with Crippen LogP contribution in [-0.2, 0) is 17.7 Å². The summed E-state index contributed by atoms with van der Waals surface area (Å²) in [4.78, 5) is 46.8. The number of benzene rings is 2. The molecule has 0 saturated carbocycles. The number of fused-ring (bicyclic) bond motifs is 4. The van der Waals surface area contributed by atoms with Crippen molar-refractivity contribution in [2.75, 3.05) is 19.8 Å². The monoisotopic (exact) mass is 488 g/mol. The number of nitrogens with zero attached hydrogens (tertiary/aromatic N) is 4. The SMILES string of the molecule is Cc1cc2c(cc1C(=O)N1CCc3cc([N+](=O)O)ccc3C1)[nH]c(=O)c1cnc(C3CCOCC3)n12. The summed E-state index contributed by atoms with van der Waals surface area (Å²) >= 11 is 0. The van der Waals surface area contributed by atoms with E-state index in [1.165, 1.54) is 6.07 Å². The van der Waals surface area contributed by atoms with Crippen LogP contribution in [0.3, 0.4) is 0 Å². The van der Waals surface area contributed by atoms with E-state index in [0.717, 1.165) is 40.9 Å². The fourth-order valence-corrected chi connectivity index (χ4v) is 5.42. The van der Waals surface area contributed by atoms with Gasteiger partial charge in [-0.2, -0.15) is 0 Å². The Labute approximate surface area is 205 Å². The molecule has 0 aliphatic carbocycles. The van der Waals surface area contributed by atoms with Gasteiger partial charge in [-0.25, -0.2) is 10.2 Å². The number of aromatic nitrogens is 3. The largest absolute Gasteiger partial charge is 0.381 e. The Morgan fingerprint density at radius 1 is 1.17 bits per heavy atom. The minimum atomic E-state index is -0.241. The number of H-pyrrole nitrogens is 1. The van der Waals surface area contributed by atoms with E-state index in [9.17, 15) is 19.7 Å². The van der Waals surface area contributed by atoms with Crippen molar-refractivity contribution in [2.24, 2.45) is 0 Å². The molecule has 4 aromatic rings. The van der Waals surface area contributed by atoms with Crippen LogP contribution in [0, 0.1) is 11.8 Å². The molecule has 2 aliphatic heterocycles. The van der Waals surface area contributed by atoms with E-state index < -0.39 is 0 Å². The van der Waals surface area contributed by atoms with Crippen molar-refractivity contribution in [1.29, 1.82) is 0 Å². The van der Waals surface area contributed by atoms with Gasteiger partial charge in [0.25, 0.3) is 16.4 Å². The van der Waals surface area contributed by atoms with Crippen LogP contribution in [0.2, 0.25) is 0 Å². The lowest BCUT2D eigenvalue weighted by molar-refractivity contribution is -0.729. The Kier molecular flexibility index (Phi) is 5.33. The van der Waals surface area contributed by atoms with Crippen molar-refractivity contribution in [3.8, 4) is 0 Å². The van der Waals surface area contributed by atoms with Gasteiger partial charge < -0.3 is 14.6 Å². The molecule has 10 heteroatoms. The number of carbonyl (C=O) groups is 1. The van der Waals surface area contributed by atoms with E-state index in [4.69, 9.17) is 4.74 Å². The highest BCUT2D eigenvalue weighted by Gasteiger charge is 2.27. The van der Waals surface area contributed by atoms with E-state index in [-0.39, 0.29) is 28.0 Å². The highest BCUT2D eigenvalue weighted by Crippen LogP contribution is 2.30. The zero-order chi connectivity index (χ0) is 25.0. The third kappa shape index (κ3) is 3.65. The Morgan fingerprint density at radius 2 is 1.97 bits per heavy atom. The van der Waals surface area contributed by atoms with Crippen LogP contribution in [-0.4, -0.2) is 55.1 Å². The fraction of sp³-hybridized carbons (Fsp3) is 0.346. The molecule has 2 aromatic carbocycles. The van der Waals surface area contributed by atoms with Gasteiger partial charge in [-0.3, -0.25) is 14.0 Å². The topological polar surface area (TPSA) is 120 Å². The lowest BCUT2D eigenvalue weighted by atomic mass is 9.97. The molecular formula is C26H26N5O5+. The third-order valence-electron chi connectivity index (χ3n) is 7.38. The van der Waals surface area contributed by atoms with Crippen molar-refractivity contribution in [3.63, 3.8) is 0 Å². The summed E-state index contributed by atoms with van der Waals surface area (Å²) in [5, 5.41) is 9.17. The van der Waals surface area contributed by atoms with Gasteiger partial charge in [0.15, 0.2) is 0 Å².